The van der Waals surface area contributed by atoms with Crippen molar-refractivity contribution < 1.29 is 9.47 Å². The third-order valence-electron chi connectivity index (χ3n) is 5.97. The Balaban J connectivity index is 2.08. The molecule has 6 heteroatoms. The Morgan fingerprint density at radius 2 is 1.95 bits per heavy atom. The van der Waals surface area contributed by atoms with Gasteiger partial charge >= 0.3 is 0 Å². The van der Waals surface area contributed by atoms with Gasteiger partial charge in [-0.2, -0.15) is 10.5 Å². The molecule has 0 saturated heterocycles. The standard InChI is InChI=1S/C16H16N4O2/c1-7-8(5-17)10-9-12-15(2,20-13(9)21-3)11(7)16(12,6-18)14(19-10)22-4/h9-12H,1-4H3. The summed E-state index contributed by atoms with van der Waals surface area (Å²) in [5.41, 5.74) is 0.297. The number of hydrogen-bond donors (Lipinski definition) is 0. The number of methoxy groups -OCH3 is 2. The Kier molecular flexibility index (Phi) is 2.24. The van der Waals surface area contributed by atoms with E-state index >= 15 is 0 Å². The fraction of sp³-hybridized carbons (Fsp3) is 0.625. The number of aliphatic imine (C=N–C) groups is 2. The van der Waals surface area contributed by atoms with E-state index in [-0.39, 0.29) is 23.8 Å². The van der Waals surface area contributed by atoms with Gasteiger partial charge in [0.2, 0.25) is 5.90 Å². The average Bonchev–Trinajstić information content (AvgIpc) is 2.64. The van der Waals surface area contributed by atoms with Crippen LogP contribution < -0.4 is 0 Å². The van der Waals surface area contributed by atoms with E-state index in [0.717, 1.165) is 5.57 Å². The fourth-order valence-electron chi connectivity index (χ4n) is 5.46. The predicted molar refractivity (Wildman–Crippen MR) is 77.9 cm³/mol. The summed E-state index contributed by atoms with van der Waals surface area (Å²) in [6, 6.07) is 4.41. The van der Waals surface area contributed by atoms with Crippen LogP contribution >= 0.6 is 0 Å². The molecule has 3 heterocycles. The summed E-state index contributed by atoms with van der Waals surface area (Å²) in [6.07, 6.45) is 0. The highest BCUT2D eigenvalue weighted by Gasteiger charge is 2.82. The summed E-state index contributed by atoms with van der Waals surface area (Å²) in [5, 5.41) is 19.6. The Bertz CT molecular complexity index is 768. The highest BCUT2D eigenvalue weighted by molar-refractivity contribution is 5.97. The van der Waals surface area contributed by atoms with Gasteiger partial charge in [0, 0.05) is 11.8 Å². The molecule has 22 heavy (non-hydrogen) atoms. The molecule has 0 radical (unpaired) electrons. The van der Waals surface area contributed by atoms with E-state index in [0.29, 0.717) is 17.4 Å². The van der Waals surface area contributed by atoms with Crippen LogP contribution in [-0.4, -0.2) is 37.6 Å². The van der Waals surface area contributed by atoms with Crippen LogP contribution in [0.3, 0.4) is 0 Å². The molecule has 0 N–H and O–H groups in total. The molecule has 1 fully saturated rings. The first-order valence-corrected chi connectivity index (χ1v) is 7.29. The van der Waals surface area contributed by atoms with Crippen LogP contribution in [0, 0.1) is 45.8 Å². The summed E-state index contributed by atoms with van der Waals surface area (Å²) in [4.78, 5) is 9.41. The van der Waals surface area contributed by atoms with Gasteiger partial charge in [0.05, 0.1) is 43.4 Å². The van der Waals surface area contributed by atoms with Gasteiger partial charge in [-0.15, -0.1) is 0 Å². The number of hydrogen-bond acceptors (Lipinski definition) is 6. The lowest BCUT2D eigenvalue weighted by Gasteiger charge is -2.61. The maximum Gasteiger partial charge on any atom is 0.205 e. The van der Waals surface area contributed by atoms with Crippen molar-refractivity contribution in [1.82, 2.24) is 0 Å². The zero-order valence-corrected chi connectivity index (χ0v) is 12.9. The van der Waals surface area contributed by atoms with Gasteiger partial charge < -0.3 is 9.47 Å². The van der Waals surface area contributed by atoms with Gasteiger partial charge in [0.1, 0.15) is 11.5 Å². The monoisotopic (exact) mass is 296 g/mol. The second kappa shape index (κ2) is 3.70. The van der Waals surface area contributed by atoms with Crippen LogP contribution in [0.5, 0.6) is 0 Å². The molecule has 0 aromatic heterocycles. The molecule has 5 rings (SSSR count). The molecule has 6 unspecified atom stereocenters. The van der Waals surface area contributed by atoms with E-state index in [4.69, 9.17) is 14.5 Å². The zero-order chi connectivity index (χ0) is 15.9. The SMILES string of the molecule is COC1=NC2(C)C3C(C)=C(C#N)C4N=C(OC)C3(C#N)C2C14. The van der Waals surface area contributed by atoms with Gasteiger partial charge in [-0.25, -0.2) is 9.98 Å². The lowest BCUT2D eigenvalue weighted by Crippen LogP contribution is -2.71. The van der Waals surface area contributed by atoms with Gasteiger partial charge in [0.25, 0.3) is 0 Å². The van der Waals surface area contributed by atoms with E-state index in [2.05, 4.69) is 24.1 Å². The molecule has 0 amide bonds. The Morgan fingerprint density at radius 3 is 2.50 bits per heavy atom. The topological polar surface area (TPSA) is 90.8 Å². The van der Waals surface area contributed by atoms with Crippen molar-refractivity contribution in [3.05, 3.63) is 11.1 Å². The van der Waals surface area contributed by atoms with E-state index in [1.165, 1.54) is 0 Å². The molecule has 6 atom stereocenters. The lowest BCUT2D eigenvalue weighted by atomic mass is 9.40. The van der Waals surface area contributed by atoms with Crippen LogP contribution in [0.2, 0.25) is 0 Å². The summed E-state index contributed by atoms with van der Waals surface area (Å²) < 4.78 is 11.0. The van der Waals surface area contributed by atoms with Crippen molar-refractivity contribution >= 4 is 11.8 Å². The normalized spacial score (nSPS) is 46.8. The number of nitriles is 2. The molecule has 112 valence electrons. The summed E-state index contributed by atoms with van der Waals surface area (Å²) >= 11 is 0. The Labute approximate surface area is 128 Å². The van der Waals surface area contributed by atoms with Crippen LogP contribution in [0.25, 0.3) is 0 Å². The van der Waals surface area contributed by atoms with Gasteiger partial charge in [0.15, 0.2) is 5.90 Å². The second-order valence-electron chi connectivity index (χ2n) is 6.59. The second-order valence-corrected chi connectivity index (χ2v) is 6.59. The largest absolute Gasteiger partial charge is 0.484 e. The zero-order valence-electron chi connectivity index (χ0n) is 12.9. The minimum atomic E-state index is -0.836. The highest BCUT2D eigenvalue weighted by Crippen LogP contribution is 2.73. The van der Waals surface area contributed by atoms with Gasteiger partial charge in [-0.1, -0.05) is 0 Å². The summed E-state index contributed by atoms with van der Waals surface area (Å²) in [5.74, 6) is 0.658. The van der Waals surface area contributed by atoms with Crippen molar-refractivity contribution in [3.63, 3.8) is 0 Å². The van der Waals surface area contributed by atoms with Gasteiger partial charge in [-0.05, 0) is 19.4 Å². The fourth-order valence-corrected chi connectivity index (χ4v) is 5.46. The Hall–Kier alpha value is -2.34. The highest BCUT2D eigenvalue weighted by atomic mass is 16.5. The van der Waals surface area contributed by atoms with Gasteiger partial charge in [-0.3, -0.25) is 0 Å². The van der Waals surface area contributed by atoms with Crippen molar-refractivity contribution in [2.24, 2.45) is 33.2 Å². The smallest absolute Gasteiger partial charge is 0.205 e. The maximum absolute atomic E-state index is 10.00. The van der Waals surface area contributed by atoms with E-state index in [1.807, 2.05) is 6.92 Å². The van der Waals surface area contributed by atoms with Crippen molar-refractivity contribution in [2.75, 3.05) is 14.2 Å². The van der Waals surface area contributed by atoms with Crippen LogP contribution in [0.1, 0.15) is 13.8 Å². The maximum atomic E-state index is 10.00. The summed E-state index contributed by atoms with van der Waals surface area (Å²) in [7, 11) is 3.13. The minimum absolute atomic E-state index is 0.0526. The van der Waals surface area contributed by atoms with Crippen molar-refractivity contribution in [1.29, 1.82) is 10.5 Å². The molecule has 3 aliphatic heterocycles. The third-order valence-corrected chi connectivity index (χ3v) is 5.97. The predicted octanol–water partition coefficient (Wildman–Crippen LogP) is 1.46. The molecule has 1 saturated carbocycles. The van der Waals surface area contributed by atoms with Crippen LogP contribution in [-0.2, 0) is 9.47 Å². The molecular formula is C16H16N4O2. The molecule has 0 aromatic rings. The molecule has 2 aliphatic carbocycles. The average molecular weight is 296 g/mol. The molecular weight excluding hydrogens is 280 g/mol. The molecule has 0 spiro atoms. The van der Waals surface area contributed by atoms with Crippen LogP contribution in [0.15, 0.2) is 21.1 Å². The summed E-state index contributed by atoms with van der Waals surface area (Å²) in [6.45, 7) is 3.98. The molecule has 6 bridgehead atoms. The number of rotatable bonds is 0. The molecule has 0 aromatic carbocycles. The van der Waals surface area contributed by atoms with E-state index < -0.39 is 11.0 Å². The van der Waals surface area contributed by atoms with Crippen molar-refractivity contribution in [3.8, 4) is 12.1 Å². The third kappa shape index (κ3) is 1.01. The quantitative estimate of drug-likeness (QED) is 0.676. The van der Waals surface area contributed by atoms with Crippen LogP contribution in [0.4, 0.5) is 0 Å². The first kappa shape index (κ1) is 13.3. The molecule has 6 nitrogen and oxygen atoms in total. The Morgan fingerprint density at radius 1 is 1.23 bits per heavy atom. The minimum Gasteiger partial charge on any atom is -0.484 e. The number of nitrogens with zero attached hydrogens (tertiary/aromatic N) is 4. The van der Waals surface area contributed by atoms with E-state index in [1.54, 1.807) is 14.2 Å². The first-order chi connectivity index (χ1) is 10.5. The number of ether oxygens (including phenoxy) is 2. The molecule has 5 aliphatic rings. The van der Waals surface area contributed by atoms with Crippen molar-refractivity contribution in [2.45, 2.75) is 25.4 Å². The first-order valence-electron chi connectivity index (χ1n) is 7.29. The lowest BCUT2D eigenvalue weighted by molar-refractivity contribution is -0.0451. The van der Waals surface area contributed by atoms with E-state index in [9.17, 15) is 10.5 Å².